The number of ether oxygens (including phenoxy) is 1. The van der Waals surface area contributed by atoms with Crippen molar-refractivity contribution in [2.75, 3.05) is 7.11 Å². The highest BCUT2D eigenvalue weighted by Crippen LogP contribution is 2.34. The summed E-state index contributed by atoms with van der Waals surface area (Å²) in [5, 5.41) is 17.1. The van der Waals surface area contributed by atoms with Crippen LogP contribution in [-0.2, 0) is 4.74 Å². The summed E-state index contributed by atoms with van der Waals surface area (Å²) < 4.78 is 4.77. The van der Waals surface area contributed by atoms with Crippen LogP contribution in [0.1, 0.15) is 37.9 Å². The lowest BCUT2D eigenvalue weighted by molar-refractivity contribution is 0.0600. The number of phenols is 1. The number of methoxy groups -OCH3 is 1. The minimum absolute atomic E-state index is 0.116. The Kier molecular flexibility index (Phi) is 4.44. The molecule has 5 rings (SSSR count). The van der Waals surface area contributed by atoms with E-state index in [1.165, 1.54) is 13.2 Å². The number of rotatable bonds is 3. The second kappa shape index (κ2) is 7.29. The van der Waals surface area contributed by atoms with Gasteiger partial charge in [0.1, 0.15) is 5.75 Å². The molecule has 2 N–H and O–H groups in total. The van der Waals surface area contributed by atoms with Gasteiger partial charge in [0.15, 0.2) is 0 Å². The summed E-state index contributed by atoms with van der Waals surface area (Å²) >= 11 is 0. The van der Waals surface area contributed by atoms with E-state index in [2.05, 4.69) is 23.5 Å². The lowest BCUT2D eigenvalue weighted by Crippen LogP contribution is -2.28. The van der Waals surface area contributed by atoms with E-state index in [-0.39, 0.29) is 17.4 Å². The van der Waals surface area contributed by atoms with Crippen LogP contribution >= 0.6 is 0 Å². The van der Waals surface area contributed by atoms with E-state index in [1.54, 1.807) is 24.3 Å². The maximum Gasteiger partial charge on any atom is 0.337 e. The van der Waals surface area contributed by atoms with Gasteiger partial charge in [-0.1, -0.05) is 54.6 Å². The normalized spacial score (nSPS) is 14.5. The standard InChI is InChI=1S/C26H19NO4/c1-31-26(30)18-9-8-17-14-23(28)21(13-19(17)12-18)25(29)27-22-11-10-16-5-2-4-15-6-3-7-20(22)24(15)16/h2-14,22,28H,1H3,(H,27,29). The predicted molar refractivity (Wildman–Crippen MR) is 120 cm³/mol. The molecule has 0 bridgehead atoms. The van der Waals surface area contributed by atoms with Gasteiger partial charge in [0.25, 0.3) is 5.91 Å². The average molecular weight is 409 g/mol. The molecule has 1 amide bonds. The first-order chi connectivity index (χ1) is 15.0. The van der Waals surface area contributed by atoms with Gasteiger partial charge in [0.2, 0.25) is 0 Å². The summed E-state index contributed by atoms with van der Waals surface area (Å²) in [4.78, 5) is 24.9. The third-order valence-corrected chi connectivity index (χ3v) is 5.68. The van der Waals surface area contributed by atoms with Gasteiger partial charge in [-0.05, 0) is 56.9 Å². The minimum atomic E-state index is -0.458. The fourth-order valence-corrected chi connectivity index (χ4v) is 4.16. The summed E-state index contributed by atoms with van der Waals surface area (Å²) in [6.45, 7) is 0. The highest BCUT2D eigenvalue weighted by Gasteiger charge is 2.21. The van der Waals surface area contributed by atoms with E-state index in [0.717, 1.165) is 27.3 Å². The Balaban J connectivity index is 1.51. The van der Waals surface area contributed by atoms with E-state index < -0.39 is 11.9 Å². The molecule has 1 atom stereocenters. The number of benzene rings is 4. The molecule has 0 heterocycles. The molecular weight excluding hydrogens is 390 g/mol. The maximum atomic E-state index is 13.1. The zero-order valence-electron chi connectivity index (χ0n) is 16.8. The molecule has 0 saturated heterocycles. The van der Waals surface area contributed by atoms with Crippen LogP contribution in [0.25, 0.3) is 27.6 Å². The number of amides is 1. The number of hydrogen-bond donors (Lipinski definition) is 2. The number of aromatic hydroxyl groups is 1. The summed E-state index contributed by atoms with van der Waals surface area (Å²) in [7, 11) is 1.32. The molecule has 0 fully saturated rings. The minimum Gasteiger partial charge on any atom is -0.507 e. The van der Waals surface area contributed by atoms with Crippen LogP contribution in [0.2, 0.25) is 0 Å². The van der Waals surface area contributed by atoms with Gasteiger partial charge in [-0.25, -0.2) is 4.79 Å². The highest BCUT2D eigenvalue weighted by molar-refractivity contribution is 6.04. The summed E-state index contributed by atoms with van der Waals surface area (Å²) in [5.41, 5.74) is 2.65. The molecule has 5 nitrogen and oxygen atoms in total. The number of phenolic OH excluding ortho intramolecular Hbond substituents is 1. The first-order valence-corrected chi connectivity index (χ1v) is 9.91. The molecule has 31 heavy (non-hydrogen) atoms. The monoisotopic (exact) mass is 409 g/mol. The molecule has 0 saturated carbocycles. The largest absolute Gasteiger partial charge is 0.507 e. The molecule has 0 radical (unpaired) electrons. The lowest BCUT2D eigenvalue weighted by Gasteiger charge is -2.22. The van der Waals surface area contributed by atoms with Crippen LogP contribution in [0.3, 0.4) is 0 Å². The van der Waals surface area contributed by atoms with Crippen molar-refractivity contribution in [1.29, 1.82) is 0 Å². The van der Waals surface area contributed by atoms with Gasteiger partial charge in [-0.3, -0.25) is 4.79 Å². The smallest absolute Gasteiger partial charge is 0.337 e. The number of carbonyl (C=O) groups excluding carboxylic acids is 2. The fraction of sp³-hybridized carbons (Fsp3) is 0.0769. The second-order valence-electron chi connectivity index (χ2n) is 7.53. The predicted octanol–water partition coefficient (Wildman–Crippen LogP) is 4.98. The van der Waals surface area contributed by atoms with Gasteiger partial charge in [-0.2, -0.15) is 0 Å². The third-order valence-electron chi connectivity index (χ3n) is 5.68. The van der Waals surface area contributed by atoms with Crippen LogP contribution in [0.15, 0.2) is 72.8 Å². The highest BCUT2D eigenvalue weighted by atomic mass is 16.5. The molecule has 5 heteroatoms. The first-order valence-electron chi connectivity index (χ1n) is 9.91. The summed E-state index contributed by atoms with van der Waals surface area (Å²) in [6, 6.07) is 19.9. The Hall–Kier alpha value is -4.12. The topological polar surface area (TPSA) is 75.6 Å². The molecule has 0 aliphatic heterocycles. The van der Waals surface area contributed by atoms with Crippen LogP contribution in [-0.4, -0.2) is 24.1 Å². The fourth-order valence-electron chi connectivity index (χ4n) is 4.16. The number of nitrogens with one attached hydrogen (secondary N) is 1. The molecule has 1 aliphatic carbocycles. The van der Waals surface area contributed by atoms with Crippen molar-refractivity contribution in [3.8, 4) is 5.75 Å². The molecule has 1 unspecified atom stereocenters. The Morgan fingerprint density at radius 2 is 1.74 bits per heavy atom. The van der Waals surface area contributed by atoms with Crippen molar-refractivity contribution in [2.24, 2.45) is 0 Å². The van der Waals surface area contributed by atoms with Gasteiger partial charge in [-0.15, -0.1) is 0 Å². The Bertz CT molecular complexity index is 1400. The van der Waals surface area contributed by atoms with Crippen molar-refractivity contribution >= 4 is 39.5 Å². The van der Waals surface area contributed by atoms with E-state index in [4.69, 9.17) is 4.74 Å². The molecule has 1 aliphatic rings. The Morgan fingerprint density at radius 3 is 2.55 bits per heavy atom. The number of carbonyl (C=O) groups is 2. The molecule has 0 spiro atoms. The number of hydrogen-bond acceptors (Lipinski definition) is 4. The van der Waals surface area contributed by atoms with Gasteiger partial charge in [0.05, 0.1) is 24.3 Å². The molecule has 4 aromatic rings. The van der Waals surface area contributed by atoms with Crippen LogP contribution < -0.4 is 5.32 Å². The SMILES string of the molecule is COC(=O)c1ccc2cc(O)c(C(=O)NC3C=Cc4cccc5cccc3c45)cc2c1. The Labute approximate surface area is 178 Å². The molecular formula is C26H19NO4. The summed E-state index contributed by atoms with van der Waals surface area (Å²) in [5.74, 6) is -0.969. The van der Waals surface area contributed by atoms with Crippen molar-refractivity contribution in [2.45, 2.75) is 6.04 Å². The van der Waals surface area contributed by atoms with E-state index >= 15 is 0 Å². The maximum absolute atomic E-state index is 13.1. The van der Waals surface area contributed by atoms with Crippen molar-refractivity contribution in [3.63, 3.8) is 0 Å². The van der Waals surface area contributed by atoms with Crippen LogP contribution in [0, 0.1) is 0 Å². The van der Waals surface area contributed by atoms with Crippen molar-refractivity contribution < 1.29 is 19.4 Å². The molecule has 0 aromatic heterocycles. The van der Waals surface area contributed by atoms with Gasteiger partial charge >= 0.3 is 5.97 Å². The second-order valence-corrected chi connectivity index (χ2v) is 7.53. The molecule has 4 aromatic carbocycles. The Morgan fingerprint density at radius 1 is 0.935 bits per heavy atom. The third kappa shape index (κ3) is 3.20. The first kappa shape index (κ1) is 18.9. The van der Waals surface area contributed by atoms with E-state index in [9.17, 15) is 14.7 Å². The van der Waals surface area contributed by atoms with Crippen molar-refractivity contribution in [3.05, 3.63) is 95.1 Å². The molecule has 152 valence electrons. The zero-order chi connectivity index (χ0) is 21.5. The van der Waals surface area contributed by atoms with Crippen molar-refractivity contribution in [1.82, 2.24) is 5.32 Å². The van der Waals surface area contributed by atoms with E-state index in [1.807, 2.05) is 30.4 Å². The van der Waals surface area contributed by atoms with Crippen LogP contribution in [0.5, 0.6) is 5.75 Å². The van der Waals surface area contributed by atoms with Gasteiger partial charge in [0, 0.05) is 0 Å². The quantitative estimate of drug-likeness (QED) is 0.468. The number of fused-ring (bicyclic) bond motifs is 1. The van der Waals surface area contributed by atoms with Gasteiger partial charge < -0.3 is 15.2 Å². The van der Waals surface area contributed by atoms with E-state index in [0.29, 0.717) is 10.9 Å². The lowest BCUT2D eigenvalue weighted by atomic mass is 9.90. The summed E-state index contributed by atoms with van der Waals surface area (Å²) in [6.07, 6.45) is 3.95. The number of esters is 1. The average Bonchev–Trinajstić information content (AvgIpc) is 2.79. The van der Waals surface area contributed by atoms with Crippen LogP contribution in [0.4, 0.5) is 0 Å². The zero-order valence-corrected chi connectivity index (χ0v) is 16.8.